The van der Waals surface area contributed by atoms with E-state index in [1.54, 1.807) is 26.8 Å². The summed E-state index contributed by atoms with van der Waals surface area (Å²) in [5.41, 5.74) is 0.705. The van der Waals surface area contributed by atoms with Gasteiger partial charge in [0.25, 0.3) is 0 Å². The Morgan fingerprint density at radius 3 is 2.73 bits per heavy atom. The summed E-state index contributed by atoms with van der Waals surface area (Å²) < 4.78 is 5.58. The summed E-state index contributed by atoms with van der Waals surface area (Å²) in [4.78, 5) is 20.4. The van der Waals surface area contributed by atoms with Crippen LogP contribution >= 0.6 is 11.6 Å². The highest BCUT2D eigenvalue weighted by Crippen LogP contribution is 2.33. The van der Waals surface area contributed by atoms with Crippen molar-refractivity contribution in [3.8, 4) is 5.75 Å². The normalized spacial score (nSPS) is 12.0. The van der Waals surface area contributed by atoms with E-state index in [4.69, 9.17) is 16.0 Å². The van der Waals surface area contributed by atoms with Gasteiger partial charge in [0.2, 0.25) is 11.9 Å². The van der Waals surface area contributed by atoms with Crippen LogP contribution in [-0.4, -0.2) is 21.0 Å². The number of hydrogen-bond acceptors (Lipinski definition) is 5. The molecule has 0 aliphatic rings. The summed E-state index contributed by atoms with van der Waals surface area (Å²) in [6, 6.07) is 4.66. The van der Waals surface area contributed by atoms with E-state index >= 15 is 0 Å². The number of amides is 1. The van der Waals surface area contributed by atoms with Crippen LogP contribution in [0.15, 0.2) is 22.6 Å². The van der Waals surface area contributed by atoms with Gasteiger partial charge in [0.15, 0.2) is 10.7 Å². The molecule has 2 aromatic heterocycles. The summed E-state index contributed by atoms with van der Waals surface area (Å²) in [7, 11) is 0. The SMILES string of the molecule is CC(C)(C)C(=O)Nc1nc(Cl)c2oc3ccc(O)cc3c2n1. The minimum Gasteiger partial charge on any atom is -0.508 e. The maximum Gasteiger partial charge on any atom is 0.232 e. The van der Waals surface area contributed by atoms with Gasteiger partial charge in [-0.2, -0.15) is 4.98 Å². The Bertz CT molecular complexity index is 896. The maximum absolute atomic E-state index is 12.0. The minimum absolute atomic E-state index is 0.0882. The second-order valence-corrected chi connectivity index (χ2v) is 6.36. The van der Waals surface area contributed by atoms with Crippen molar-refractivity contribution in [1.82, 2.24) is 9.97 Å². The highest BCUT2D eigenvalue weighted by atomic mass is 35.5. The average Bonchev–Trinajstić information content (AvgIpc) is 2.76. The predicted octanol–water partition coefficient (Wildman–Crippen LogP) is 3.72. The average molecular weight is 320 g/mol. The number of aromatic hydroxyl groups is 1. The van der Waals surface area contributed by atoms with E-state index in [9.17, 15) is 9.90 Å². The lowest BCUT2D eigenvalue weighted by Gasteiger charge is -2.16. The monoisotopic (exact) mass is 319 g/mol. The lowest BCUT2D eigenvalue weighted by molar-refractivity contribution is -0.123. The molecule has 0 bridgehead atoms. The van der Waals surface area contributed by atoms with Crippen LogP contribution in [0.5, 0.6) is 5.75 Å². The third kappa shape index (κ3) is 2.46. The van der Waals surface area contributed by atoms with Crippen LogP contribution in [0.4, 0.5) is 5.95 Å². The second-order valence-electron chi connectivity index (χ2n) is 6.00. The van der Waals surface area contributed by atoms with Crippen molar-refractivity contribution >= 4 is 45.5 Å². The van der Waals surface area contributed by atoms with Crippen molar-refractivity contribution in [2.75, 3.05) is 5.32 Å². The van der Waals surface area contributed by atoms with Crippen molar-refractivity contribution in [1.29, 1.82) is 0 Å². The molecule has 0 unspecified atom stereocenters. The van der Waals surface area contributed by atoms with Crippen LogP contribution in [0, 0.1) is 5.41 Å². The number of nitrogens with zero attached hydrogens (tertiary/aromatic N) is 2. The minimum atomic E-state index is -0.582. The first-order chi connectivity index (χ1) is 10.3. The van der Waals surface area contributed by atoms with E-state index in [0.29, 0.717) is 22.1 Å². The lowest BCUT2D eigenvalue weighted by Crippen LogP contribution is -2.28. The topological polar surface area (TPSA) is 88.2 Å². The van der Waals surface area contributed by atoms with Crippen molar-refractivity contribution in [3.63, 3.8) is 0 Å². The van der Waals surface area contributed by atoms with Gasteiger partial charge in [-0.25, -0.2) is 4.98 Å². The van der Waals surface area contributed by atoms with Crippen LogP contribution in [0.3, 0.4) is 0 Å². The number of phenols is 1. The maximum atomic E-state index is 12.0. The molecule has 0 saturated heterocycles. The molecular formula is C15H14ClN3O3. The van der Waals surface area contributed by atoms with Gasteiger partial charge in [-0.1, -0.05) is 32.4 Å². The molecule has 6 nitrogen and oxygen atoms in total. The summed E-state index contributed by atoms with van der Waals surface area (Å²) >= 11 is 6.11. The van der Waals surface area contributed by atoms with Gasteiger partial charge < -0.3 is 9.52 Å². The number of halogens is 1. The second kappa shape index (κ2) is 4.84. The van der Waals surface area contributed by atoms with Gasteiger partial charge >= 0.3 is 0 Å². The van der Waals surface area contributed by atoms with E-state index < -0.39 is 5.41 Å². The number of phenolic OH excluding ortho intramolecular Hbond substituents is 1. The van der Waals surface area contributed by atoms with Crippen LogP contribution in [-0.2, 0) is 4.79 Å². The number of anilines is 1. The molecule has 1 aromatic carbocycles. The van der Waals surface area contributed by atoms with Gasteiger partial charge in [-0.3, -0.25) is 10.1 Å². The van der Waals surface area contributed by atoms with Crippen molar-refractivity contribution in [2.45, 2.75) is 20.8 Å². The number of fused-ring (bicyclic) bond motifs is 3. The quantitative estimate of drug-likeness (QED) is 0.667. The van der Waals surface area contributed by atoms with E-state index in [2.05, 4.69) is 15.3 Å². The number of furan rings is 1. The molecule has 0 aliphatic carbocycles. The summed E-state index contributed by atoms with van der Waals surface area (Å²) in [6.45, 7) is 5.36. The Labute approximate surface area is 131 Å². The highest BCUT2D eigenvalue weighted by Gasteiger charge is 2.23. The Morgan fingerprint density at radius 2 is 2.05 bits per heavy atom. The number of rotatable bonds is 1. The molecular weight excluding hydrogens is 306 g/mol. The molecule has 3 aromatic rings. The predicted molar refractivity (Wildman–Crippen MR) is 84.1 cm³/mol. The Morgan fingerprint density at radius 1 is 1.32 bits per heavy atom. The van der Waals surface area contributed by atoms with E-state index in [1.165, 1.54) is 12.1 Å². The van der Waals surface area contributed by atoms with Crippen LogP contribution in [0.25, 0.3) is 22.1 Å². The number of benzene rings is 1. The number of carbonyl (C=O) groups is 1. The van der Waals surface area contributed by atoms with E-state index in [-0.39, 0.29) is 22.8 Å². The molecule has 0 saturated carbocycles. The summed E-state index contributed by atoms with van der Waals surface area (Å²) in [5.74, 6) is -0.0350. The number of aromatic nitrogens is 2. The summed E-state index contributed by atoms with van der Waals surface area (Å²) in [6.07, 6.45) is 0. The zero-order valence-corrected chi connectivity index (χ0v) is 13.0. The highest BCUT2D eigenvalue weighted by molar-refractivity contribution is 6.34. The first kappa shape index (κ1) is 14.6. The Kier molecular flexibility index (Phi) is 3.21. The largest absolute Gasteiger partial charge is 0.508 e. The smallest absolute Gasteiger partial charge is 0.232 e. The first-order valence-corrected chi connectivity index (χ1v) is 7.04. The van der Waals surface area contributed by atoms with Crippen molar-refractivity contribution in [3.05, 3.63) is 23.4 Å². The third-order valence-electron chi connectivity index (χ3n) is 3.16. The molecule has 114 valence electrons. The Balaban J connectivity index is 2.16. The van der Waals surface area contributed by atoms with Gasteiger partial charge in [0.1, 0.15) is 16.8 Å². The fraction of sp³-hybridized carbons (Fsp3) is 0.267. The van der Waals surface area contributed by atoms with Gasteiger partial charge in [0, 0.05) is 5.41 Å². The first-order valence-electron chi connectivity index (χ1n) is 6.66. The van der Waals surface area contributed by atoms with Gasteiger partial charge in [-0.15, -0.1) is 0 Å². The van der Waals surface area contributed by atoms with Crippen LogP contribution < -0.4 is 5.32 Å². The molecule has 1 amide bonds. The third-order valence-corrected chi connectivity index (χ3v) is 3.42. The lowest BCUT2D eigenvalue weighted by atomic mass is 9.96. The fourth-order valence-electron chi connectivity index (χ4n) is 1.94. The molecule has 0 fully saturated rings. The van der Waals surface area contributed by atoms with E-state index in [1.807, 2.05) is 0 Å². The van der Waals surface area contributed by atoms with E-state index in [0.717, 1.165) is 0 Å². The fourth-order valence-corrected chi connectivity index (χ4v) is 2.15. The molecule has 0 spiro atoms. The zero-order chi connectivity index (χ0) is 16.1. The standard InChI is InChI=1S/C15H14ClN3O3/c1-15(2,3)13(21)19-14-17-10-8-6-7(20)4-5-9(8)22-11(10)12(16)18-14/h4-6,20H,1-3H3,(H,17,18,19,21). The molecule has 3 rings (SSSR count). The molecule has 0 aliphatic heterocycles. The molecule has 22 heavy (non-hydrogen) atoms. The van der Waals surface area contributed by atoms with Gasteiger partial charge in [-0.05, 0) is 18.2 Å². The summed E-state index contributed by atoms with van der Waals surface area (Å²) in [5, 5.41) is 12.9. The molecule has 0 atom stereocenters. The molecule has 0 radical (unpaired) electrons. The van der Waals surface area contributed by atoms with Crippen LogP contribution in [0.1, 0.15) is 20.8 Å². The number of hydrogen-bond donors (Lipinski definition) is 2. The van der Waals surface area contributed by atoms with Crippen molar-refractivity contribution < 1.29 is 14.3 Å². The number of nitrogens with one attached hydrogen (secondary N) is 1. The number of carbonyl (C=O) groups excluding carboxylic acids is 1. The zero-order valence-electron chi connectivity index (χ0n) is 12.3. The molecule has 2 N–H and O–H groups in total. The van der Waals surface area contributed by atoms with Crippen LogP contribution in [0.2, 0.25) is 5.15 Å². The van der Waals surface area contributed by atoms with Gasteiger partial charge in [0.05, 0.1) is 5.39 Å². The molecule has 7 heteroatoms. The molecule has 2 heterocycles. The van der Waals surface area contributed by atoms with Crippen molar-refractivity contribution in [2.24, 2.45) is 5.41 Å². The Hall–Kier alpha value is -2.34.